The molecule has 96 valence electrons. The van der Waals surface area contributed by atoms with Crippen molar-refractivity contribution in [3.63, 3.8) is 0 Å². The van der Waals surface area contributed by atoms with Gasteiger partial charge in [0, 0.05) is 18.4 Å². The van der Waals surface area contributed by atoms with Gasteiger partial charge in [-0.15, -0.1) is 0 Å². The predicted octanol–water partition coefficient (Wildman–Crippen LogP) is 4.13. The van der Waals surface area contributed by atoms with Crippen molar-refractivity contribution in [2.45, 2.75) is 33.2 Å². The van der Waals surface area contributed by atoms with E-state index in [2.05, 4.69) is 27.8 Å². The fourth-order valence-electron chi connectivity index (χ4n) is 1.82. The summed E-state index contributed by atoms with van der Waals surface area (Å²) in [6.45, 7) is 7.17. The number of hydrogen-bond donors (Lipinski definition) is 0. The molecule has 17 heavy (non-hydrogen) atoms. The average molecular weight is 302 g/mol. The van der Waals surface area contributed by atoms with E-state index in [0.717, 1.165) is 30.5 Å². The summed E-state index contributed by atoms with van der Waals surface area (Å²) >= 11 is 3.47. The molecule has 0 saturated carbocycles. The third-order valence-corrected chi connectivity index (χ3v) is 3.29. The number of halogens is 2. The van der Waals surface area contributed by atoms with Gasteiger partial charge in [-0.2, -0.15) is 0 Å². The Balaban J connectivity index is 2.67. The summed E-state index contributed by atoms with van der Waals surface area (Å²) in [4.78, 5) is 2.38. The molecular formula is C14H21BrFN. The normalized spacial score (nSPS) is 11.1. The van der Waals surface area contributed by atoms with Crippen LogP contribution < -0.4 is 0 Å². The van der Waals surface area contributed by atoms with Crippen molar-refractivity contribution in [3.8, 4) is 0 Å². The molecule has 0 spiro atoms. The molecule has 0 bridgehead atoms. The highest BCUT2D eigenvalue weighted by Gasteiger charge is 2.07. The maximum atomic E-state index is 13.2. The lowest BCUT2D eigenvalue weighted by molar-refractivity contribution is 0.277. The molecule has 0 saturated heterocycles. The standard InChI is InChI=1S/C14H21BrFN/c1-3-4-8-17(9-7-15)11-13-10-14(16)6-5-12(13)2/h5-6,10H,3-4,7-9,11H2,1-2H3. The Kier molecular flexibility index (Phi) is 6.75. The number of hydrogen-bond acceptors (Lipinski definition) is 1. The minimum absolute atomic E-state index is 0.139. The van der Waals surface area contributed by atoms with Gasteiger partial charge in [-0.05, 0) is 43.1 Å². The van der Waals surface area contributed by atoms with E-state index in [0.29, 0.717) is 0 Å². The van der Waals surface area contributed by atoms with Crippen molar-refractivity contribution < 1.29 is 4.39 Å². The Hall–Kier alpha value is -0.410. The smallest absolute Gasteiger partial charge is 0.123 e. The quantitative estimate of drug-likeness (QED) is 0.685. The lowest BCUT2D eigenvalue weighted by Gasteiger charge is -2.22. The van der Waals surface area contributed by atoms with Crippen molar-refractivity contribution >= 4 is 15.9 Å². The van der Waals surface area contributed by atoms with E-state index < -0.39 is 0 Å². The molecule has 0 amide bonds. The summed E-state index contributed by atoms with van der Waals surface area (Å²) in [5.74, 6) is -0.139. The van der Waals surface area contributed by atoms with Crippen molar-refractivity contribution in [1.82, 2.24) is 4.90 Å². The fourth-order valence-corrected chi connectivity index (χ4v) is 2.32. The highest BCUT2D eigenvalue weighted by Crippen LogP contribution is 2.13. The number of benzene rings is 1. The molecule has 0 radical (unpaired) electrons. The van der Waals surface area contributed by atoms with Crippen LogP contribution in [0.2, 0.25) is 0 Å². The summed E-state index contributed by atoms with van der Waals surface area (Å²) in [5, 5.41) is 0.963. The molecule has 0 aliphatic heterocycles. The maximum Gasteiger partial charge on any atom is 0.123 e. The van der Waals surface area contributed by atoms with E-state index in [-0.39, 0.29) is 5.82 Å². The van der Waals surface area contributed by atoms with Crippen LogP contribution in [0.3, 0.4) is 0 Å². The predicted molar refractivity (Wildman–Crippen MR) is 75.1 cm³/mol. The van der Waals surface area contributed by atoms with Crippen LogP contribution in [0, 0.1) is 12.7 Å². The Labute approximate surface area is 112 Å². The summed E-state index contributed by atoms with van der Waals surface area (Å²) < 4.78 is 13.2. The molecule has 0 aliphatic rings. The van der Waals surface area contributed by atoms with Gasteiger partial charge in [0.2, 0.25) is 0 Å². The van der Waals surface area contributed by atoms with Crippen molar-refractivity contribution in [1.29, 1.82) is 0 Å². The van der Waals surface area contributed by atoms with Crippen LogP contribution in [0.1, 0.15) is 30.9 Å². The number of nitrogens with zero attached hydrogens (tertiary/aromatic N) is 1. The van der Waals surface area contributed by atoms with Gasteiger partial charge in [0.05, 0.1) is 0 Å². The van der Waals surface area contributed by atoms with Crippen LogP contribution in [0.25, 0.3) is 0 Å². The summed E-state index contributed by atoms with van der Waals surface area (Å²) in [5.41, 5.74) is 2.27. The van der Waals surface area contributed by atoms with Gasteiger partial charge < -0.3 is 0 Å². The van der Waals surface area contributed by atoms with Gasteiger partial charge in [-0.25, -0.2) is 4.39 Å². The second-order valence-electron chi connectivity index (χ2n) is 4.39. The third-order valence-electron chi connectivity index (χ3n) is 2.93. The van der Waals surface area contributed by atoms with Crippen molar-refractivity contribution in [2.24, 2.45) is 0 Å². The SMILES string of the molecule is CCCCN(CCBr)Cc1cc(F)ccc1C. The van der Waals surface area contributed by atoms with Gasteiger partial charge in [-0.1, -0.05) is 35.3 Å². The zero-order valence-corrected chi connectivity index (χ0v) is 12.3. The molecule has 1 aromatic rings. The Morgan fingerprint density at radius 1 is 1.29 bits per heavy atom. The van der Waals surface area contributed by atoms with E-state index in [1.54, 1.807) is 6.07 Å². The largest absolute Gasteiger partial charge is 0.298 e. The maximum absolute atomic E-state index is 13.2. The second-order valence-corrected chi connectivity index (χ2v) is 5.18. The first-order chi connectivity index (χ1) is 8.17. The van der Waals surface area contributed by atoms with Crippen LogP contribution in [0.15, 0.2) is 18.2 Å². The van der Waals surface area contributed by atoms with Crippen molar-refractivity contribution in [2.75, 3.05) is 18.4 Å². The molecule has 0 atom stereocenters. The zero-order valence-electron chi connectivity index (χ0n) is 10.7. The summed E-state index contributed by atoms with van der Waals surface area (Å²) in [6.07, 6.45) is 2.39. The molecule has 0 unspecified atom stereocenters. The van der Waals surface area contributed by atoms with Gasteiger partial charge in [0.25, 0.3) is 0 Å². The van der Waals surface area contributed by atoms with Crippen LogP contribution >= 0.6 is 15.9 Å². The van der Waals surface area contributed by atoms with E-state index >= 15 is 0 Å². The van der Waals surface area contributed by atoms with Crippen LogP contribution in [-0.4, -0.2) is 23.3 Å². The van der Waals surface area contributed by atoms with Crippen LogP contribution in [0.4, 0.5) is 4.39 Å². The van der Waals surface area contributed by atoms with E-state index in [4.69, 9.17) is 0 Å². The molecule has 0 heterocycles. The van der Waals surface area contributed by atoms with Gasteiger partial charge in [0.15, 0.2) is 0 Å². The van der Waals surface area contributed by atoms with Gasteiger partial charge in [0.1, 0.15) is 5.82 Å². The van der Waals surface area contributed by atoms with Crippen LogP contribution in [-0.2, 0) is 6.54 Å². The van der Waals surface area contributed by atoms with E-state index in [9.17, 15) is 4.39 Å². The molecule has 1 aromatic carbocycles. The molecule has 3 heteroatoms. The number of unbranched alkanes of at least 4 members (excludes halogenated alkanes) is 1. The van der Waals surface area contributed by atoms with Gasteiger partial charge in [-0.3, -0.25) is 4.90 Å². The lowest BCUT2D eigenvalue weighted by Crippen LogP contribution is -2.26. The van der Waals surface area contributed by atoms with Crippen molar-refractivity contribution in [3.05, 3.63) is 35.1 Å². The first-order valence-corrected chi connectivity index (χ1v) is 7.33. The first-order valence-electron chi connectivity index (χ1n) is 6.20. The minimum atomic E-state index is -0.139. The summed E-state index contributed by atoms with van der Waals surface area (Å²) in [7, 11) is 0. The second kappa shape index (κ2) is 7.83. The zero-order chi connectivity index (χ0) is 12.7. The van der Waals surface area contributed by atoms with E-state index in [1.807, 2.05) is 13.0 Å². The molecule has 0 aliphatic carbocycles. The first kappa shape index (κ1) is 14.7. The van der Waals surface area contributed by atoms with Gasteiger partial charge >= 0.3 is 0 Å². The number of rotatable bonds is 7. The highest BCUT2D eigenvalue weighted by atomic mass is 79.9. The fraction of sp³-hybridized carbons (Fsp3) is 0.571. The minimum Gasteiger partial charge on any atom is -0.298 e. The Morgan fingerprint density at radius 3 is 2.71 bits per heavy atom. The molecule has 0 N–H and O–H groups in total. The lowest BCUT2D eigenvalue weighted by atomic mass is 10.1. The summed E-state index contributed by atoms with van der Waals surface area (Å²) in [6, 6.07) is 5.04. The third kappa shape index (κ3) is 5.17. The monoisotopic (exact) mass is 301 g/mol. The number of aryl methyl sites for hydroxylation is 1. The highest BCUT2D eigenvalue weighted by molar-refractivity contribution is 9.09. The molecule has 1 rings (SSSR count). The molecule has 0 fully saturated rings. The molecule has 1 nitrogen and oxygen atoms in total. The number of alkyl halides is 1. The average Bonchev–Trinajstić information content (AvgIpc) is 2.31. The Morgan fingerprint density at radius 2 is 2.06 bits per heavy atom. The van der Waals surface area contributed by atoms with E-state index in [1.165, 1.54) is 24.5 Å². The van der Waals surface area contributed by atoms with Crippen LogP contribution in [0.5, 0.6) is 0 Å². The molecular weight excluding hydrogens is 281 g/mol. The topological polar surface area (TPSA) is 3.24 Å². The molecule has 0 aromatic heterocycles. The Bertz CT molecular complexity index is 341.